The average molecular weight is 539 g/mol. The fourth-order valence-corrected chi connectivity index (χ4v) is 5.63. The summed E-state index contributed by atoms with van der Waals surface area (Å²) in [5.41, 5.74) is -0.490. The average Bonchev–Trinajstić information content (AvgIpc) is 2.74. The molecule has 0 radical (unpaired) electrons. The van der Waals surface area contributed by atoms with Gasteiger partial charge in [0.25, 0.3) is 0 Å². The highest BCUT2D eigenvalue weighted by atomic mass is 28.4. The molecular formula is C30H54O6Si. The third-order valence-electron chi connectivity index (χ3n) is 7.71. The minimum atomic E-state index is -2.19. The van der Waals surface area contributed by atoms with Gasteiger partial charge >= 0.3 is 5.97 Å². The van der Waals surface area contributed by atoms with E-state index in [1.807, 2.05) is 37.3 Å². The van der Waals surface area contributed by atoms with Gasteiger partial charge in [-0.1, -0.05) is 78.8 Å². The van der Waals surface area contributed by atoms with E-state index < -0.39 is 37.5 Å². The highest BCUT2D eigenvalue weighted by molar-refractivity contribution is 6.74. The standard InChI is InChI=1S/C30H54O6Si/c1-21(19-34-20-23-16-14-13-15-17-23)26(36-37(11,12)29(6,7)8)22(2)27(33)30(9,10)24(31)18-25(32)35-28(3,4)5/h13-17,21-22,24,26-27,31,33H,18-20H2,1-12H3/t21-,22+,24-,26-,27-/m0/s1. The van der Waals surface area contributed by atoms with Crippen LogP contribution in [0.4, 0.5) is 0 Å². The number of carbonyl (C=O) groups excluding carboxylic acids is 1. The monoisotopic (exact) mass is 538 g/mol. The lowest BCUT2D eigenvalue weighted by atomic mass is 9.72. The predicted octanol–water partition coefficient (Wildman–Crippen LogP) is 6.35. The lowest BCUT2D eigenvalue weighted by molar-refractivity contribution is -0.162. The Morgan fingerprint density at radius 2 is 1.49 bits per heavy atom. The quantitative estimate of drug-likeness (QED) is 0.225. The van der Waals surface area contributed by atoms with Crippen LogP contribution >= 0.6 is 0 Å². The van der Waals surface area contributed by atoms with Gasteiger partial charge in [-0.25, -0.2) is 0 Å². The van der Waals surface area contributed by atoms with Crippen molar-refractivity contribution in [3.63, 3.8) is 0 Å². The highest BCUT2D eigenvalue weighted by Gasteiger charge is 2.47. The van der Waals surface area contributed by atoms with Gasteiger partial charge in [0.1, 0.15) is 5.60 Å². The van der Waals surface area contributed by atoms with E-state index in [4.69, 9.17) is 13.9 Å². The van der Waals surface area contributed by atoms with Crippen molar-refractivity contribution in [3.05, 3.63) is 35.9 Å². The molecule has 1 aromatic rings. The van der Waals surface area contributed by atoms with Gasteiger partial charge in [0.05, 0.1) is 37.9 Å². The summed E-state index contributed by atoms with van der Waals surface area (Å²) >= 11 is 0. The number of aliphatic hydroxyl groups is 2. The summed E-state index contributed by atoms with van der Waals surface area (Å²) in [7, 11) is -2.19. The maximum Gasteiger partial charge on any atom is 0.308 e. The van der Waals surface area contributed by atoms with Crippen molar-refractivity contribution in [1.82, 2.24) is 0 Å². The third kappa shape index (κ3) is 10.4. The second-order valence-electron chi connectivity index (χ2n) is 13.8. The summed E-state index contributed by atoms with van der Waals surface area (Å²) < 4.78 is 18.4. The SMILES string of the molecule is C[C@H]([C@@H](O[Si](C)(C)C(C)(C)C)[C@@H](C)COCc1ccccc1)[C@H](O)C(C)(C)[C@@H](O)CC(=O)OC(C)(C)C. The van der Waals surface area contributed by atoms with E-state index in [1.54, 1.807) is 34.6 Å². The Kier molecular flexibility index (Phi) is 12.1. The number of ether oxygens (including phenoxy) is 2. The van der Waals surface area contributed by atoms with Gasteiger partial charge in [-0.2, -0.15) is 0 Å². The van der Waals surface area contributed by atoms with Gasteiger partial charge in [-0.05, 0) is 44.5 Å². The third-order valence-corrected chi connectivity index (χ3v) is 12.2. The van der Waals surface area contributed by atoms with E-state index in [2.05, 4.69) is 40.8 Å². The molecule has 6 nitrogen and oxygen atoms in total. The molecule has 0 aliphatic carbocycles. The van der Waals surface area contributed by atoms with E-state index in [1.165, 1.54) is 0 Å². The molecule has 0 spiro atoms. The summed E-state index contributed by atoms with van der Waals surface area (Å²) in [4.78, 5) is 12.4. The Morgan fingerprint density at radius 1 is 0.946 bits per heavy atom. The van der Waals surface area contributed by atoms with Crippen molar-refractivity contribution in [2.75, 3.05) is 6.61 Å². The number of benzene rings is 1. The van der Waals surface area contributed by atoms with E-state index in [9.17, 15) is 15.0 Å². The van der Waals surface area contributed by atoms with E-state index >= 15 is 0 Å². The van der Waals surface area contributed by atoms with Crippen molar-refractivity contribution in [2.45, 2.75) is 124 Å². The molecule has 0 heterocycles. The predicted molar refractivity (Wildman–Crippen MR) is 153 cm³/mol. The molecule has 0 aliphatic rings. The minimum Gasteiger partial charge on any atom is -0.460 e. The number of rotatable bonds is 13. The highest BCUT2D eigenvalue weighted by Crippen LogP contribution is 2.41. The lowest BCUT2D eigenvalue weighted by Gasteiger charge is -2.46. The molecule has 5 atom stereocenters. The Bertz CT molecular complexity index is 825. The van der Waals surface area contributed by atoms with Crippen molar-refractivity contribution in [3.8, 4) is 0 Å². The van der Waals surface area contributed by atoms with E-state index in [0.29, 0.717) is 13.2 Å². The van der Waals surface area contributed by atoms with Crippen LogP contribution in [0.15, 0.2) is 30.3 Å². The first-order chi connectivity index (χ1) is 16.7. The first-order valence-electron chi connectivity index (χ1n) is 13.6. The molecule has 0 unspecified atom stereocenters. The van der Waals surface area contributed by atoms with Crippen molar-refractivity contribution < 1.29 is 28.9 Å². The Balaban J connectivity index is 3.08. The van der Waals surface area contributed by atoms with Crippen molar-refractivity contribution in [2.24, 2.45) is 17.3 Å². The Labute approximate surface area is 227 Å². The van der Waals surface area contributed by atoms with Gasteiger partial charge in [-0.3, -0.25) is 4.79 Å². The Hall–Kier alpha value is -1.25. The van der Waals surface area contributed by atoms with Gasteiger partial charge in [-0.15, -0.1) is 0 Å². The van der Waals surface area contributed by atoms with Crippen LogP contribution in [0.1, 0.15) is 81.2 Å². The first-order valence-corrected chi connectivity index (χ1v) is 16.5. The summed E-state index contributed by atoms with van der Waals surface area (Å²) in [6.45, 7) is 25.0. The number of esters is 1. The summed E-state index contributed by atoms with van der Waals surface area (Å²) in [6.07, 6.45) is -2.47. The molecule has 37 heavy (non-hydrogen) atoms. The molecule has 0 aromatic heterocycles. The van der Waals surface area contributed by atoms with Crippen molar-refractivity contribution >= 4 is 14.3 Å². The zero-order valence-electron chi connectivity index (χ0n) is 25.4. The minimum absolute atomic E-state index is 0.00119. The molecular weight excluding hydrogens is 484 g/mol. The molecule has 0 amide bonds. The molecule has 0 fully saturated rings. The van der Waals surface area contributed by atoms with Crippen LogP contribution in [-0.4, -0.2) is 55.0 Å². The second kappa shape index (κ2) is 13.2. The molecule has 0 aliphatic heterocycles. The maximum atomic E-state index is 12.4. The molecule has 214 valence electrons. The molecule has 1 aromatic carbocycles. The summed E-state index contributed by atoms with van der Waals surface area (Å²) in [6, 6.07) is 10.0. The summed E-state index contributed by atoms with van der Waals surface area (Å²) in [5.74, 6) is -0.793. The van der Waals surface area contributed by atoms with Crippen LogP contribution < -0.4 is 0 Å². The number of carbonyl (C=O) groups is 1. The molecule has 1 rings (SSSR count). The largest absolute Gasteiger partial charge is 0.460 e. The molecule has 2 N–H and O–H groups in total. The van der Waals surface area contributed by atoms with Gasteiger partial charge in [0.15, 0.2) is 8.32 Å². The van der Waals surface area contributed by atoms with E-state index in [0.717, 1.165) is 5.56 Å². The van der Waals surface area contributed by atoms with Crippen LogP contribution in [0.3, 0.4) is 0 Å². The number of hydrogen-bond donors (Lipinski definition) is 2. The Morgan fingerprint density at radius 3 is 1.97 bits per heavy atom. The van der Waals surface area contributed by atoms with Gasteiger partial charge in [0, 0.05) is 17.3 Å². The van der Waals surface area contributed by atoms with Crippen molar-refractivity contribution in [1.29, 1.82) is 0 Å². The van der Waals surface area contributed by atoms with Gasteiger partial charge in [0.2, 0.25) is 0 Å². The fraction of sp³-hybridized carbons (Fsp3) is 0.767. The van der Waals surface area contributed by atoms with Crippen LogP contribution in [0.2, 0.25) is 18.1 Å². The fourth-order valence-electron chi connectivity index (χ4n) is 4.15. The number of aliphatic hydroxyl groups excluding tert-OH is 2. The molecule has 0 bridgehead atoms. The molecule has 0 saturated heterocycles. The second-order valence-corrected chi connectivity index (χ2v) is 18.5. The number of hydrogen-bond acceptors (Lipinski definition) is 6. The summed E-state index contributed by atoms with van der Waals surface area (Å²) in [5, 5.41) is 22.6. The van der Waals surface area contributed by atoms with Crippen LogP contribution in [0.5, 0.6) is 0 Å². The molecule has 0 saturated carbocycles. The zero-order chi connectivity index (χ0) is 28.8. The zero-order valence-corrected chi connectivity index (χ0v) is 26.4. The van der Waals surface area contributed by atoms with E-state index in [-0.39, 0.29) is 29.4 Å². The van der Waals surface area contributed by atoms with Gasteiger partial charge < -0.3 is 24.1 Å². The normalized spacial score (nSPS) is 17.6. The first kappa shape index (κ1) is 33.8. The smallest absolute Gasteiger partial charge is 0.308 e. The van der Waals surface area contributed by atoms with Crippen LogP contribution in [-0.2, 0) is 25.3 Å². The molecule has 7 heteroatoms. The lowest BCUT2D eigenvalue weighted by Crippen LogP contribution is -2.53. The van der Waals surface area contributed by atoms with Crippen LogP contribution in [0.25, 0.3) is 0 Å². The maximum absolute atomic E-state index is 12.4. The van der Waals surface area contributed by atoms with Crippen LogP contribution in [0, 0.1) is 17.3 Å². The topological polar surface area (TPSA) is 85.2 Å².